The van der Waals surface area contributed by atoms with Crippen molar-refractivity contribution in [3.05, 3.63) is 30.1 Å². The van der Waals surface area contributed by atoms with Gasteiger partial charge in [-0.05, 0) is 13.1 Å². The van der Waals surface area contributed by atoms with E-state index < -0.39 is 0 Å². The summed E-state index contributed by atoms with van der Waals surface area (Å²) in [7, 11) is 3.79. The molecule has 0 bridgehead atoms. The van der Waals surface area contributed by atoms with Crippen LogP contribution in [0.4, 0.5) is 0 Å². The van der Waals surface area contributed by atoms with Crippen LogP contribution in [-0.4, -0.2) is 31.6 Å². The van der Waals surface area contributed by atoms with E-state index in [0.29, 0.717) is 13.1 Å². The van der Waals surface area contributed by atoms with Crippen LogP contribution in [0.1, 0.15) is 11.5 Å². The first-order valence-electron chi connectivity index (χ1n) is 4.79. The molecule has 0 unspecified atom stereocenters. The van der Waals surface area contributed by atoms with Crippen molar-refractivity contribution in [3.8, 4) is 0 Å². The molecule has 0 spiro atoms. The molecule has 0 radical (unpaired) electrons. The van der Waals surface area contributed by atoms with Crippen LogP contribution in [0.15, 0.2) is 18.6 Å². The van der Waals surface area contributed by atoms with Gasteiger partial charge >= 0.3 is 0 Å². The molecule has 2 heterocycles. The number of aryl methyl sites for hydroxylation is 1. The summed E-state index contributed by atoms with van der Waals surface area (Å²) in [6.45, 7) is 1.38. The molecule has 2 rings (SSSR count). The first-order valence-corrected chi connectivity index (χ1v) is 4.79. The normalized spacial score (nSPS) is 10.8. The number of aromatic nitrogens is 5. The highest BCUT2D eigenvalue weighted by Gasteiger charge is 2.05. The average Bonchev–Trinajstić information content (AvgIpc) is 2.78. The fourth-order valence-electron chi connectivity index (χ4n) is 1.42. The first-order chi connectivity index (χ1) is 7.29. The van der Waals surface area contributed by atoms with Crippen molar-refractivity contribution in [1.82, 2.24) is 29.9 Å². The molecule has 0 saturated carbocycles. The maximum absolute atomic E-state index is 4.29. The summed E-state index contributed by atoms with van der Waals surface area (Å²) in [6.07, 6.45) is 3.49. The van der Waals surface area contributed by atoms with E-state index in [0.717, 1.165) is 11.5 Å². The maximum Gasteiger partial charge on any atom is 0.141 e. The van der Waals surface area contributed by atoms with E-state index in [4.69, 9.17) is 0 Å². The first kappa shape index (κ1) is 9.85. The van der Waals surface area contributed by atoms with Crippen LogP contribution < -0.4 is 5.32 Å². The van der Waals surface area contributed by atoms with Crippen LogP contribution in [0, 0.1) is 0 Å². The molecular formula is C9H14N6. The predicted octanol–water partition coefficient (Wildman–Crippen LogP) is -0.221. The minimum absolute atomic E-state index is 0.665. The lowest BCUT2D eigenvalue weighted by molar-refractivity contribution is 0.596. The molecule has 0 amide bonds. The van der Waals surface area contributed by atoms with Gasteiger partial charge in [-0.25, -0.2) is 9.67 Å². The van der Waals surface area contributed by atoms with Crippen molar-refractivity contribution < 1.29 is 0 Å². The summed E-state index contributed by atoms with van der Waals surface area (Å²) < 4.78 is 3.63. The van der Waals surface area contributed by atoms with E-state index in [2.05, 4.69) is 20.5 Å². The second-order valence-corrected chi connectivity index (χ2v) is 3.34. The van der Waals surface area contributed by atoms with E-state index in [1.165, 1.54) is 0 Å². The molecule has 0 saturated heterocycles. The molecule has 6 heteroatoms. The number of nitrogens with zero attached hydrogens (tertiary/aromatic N) is 5. The summed E-state index contributed by atoms with van der Waals surface area (Å²) >= 11 is 0. The van der Waals surface area contributed by atoms with E-state index in [-0.39, 0.29) is 0 Å². The number of rotatable bonds is 4. The zero-order valence-corrected chi connectivity index (χ0v) is 8.88. The topological polar surface area (TPSA) is 60.6 Å². The van der Waals surface area contributed by atoms with Crippen LogP contribution in [0.5, 0.6) is 0 Å². The molecule has 15 heavy (non-hydrogen) atoms. The van der Waals surface area contributed by atoms with Gasteiger partial charge in [-0.1, -0.05) is 0 Å². The lowest BCUT2D eigenvalue weighted by atomic mass is 10.4. The van der Waals surface area contributed by atoms with Crippen molar-refractivity contribution in [3.63, 3.8) is 0 Å². The summed E-state index contributed by atoms with van der Waals surface area (Å²) in [4.78, 5) is 4.16. The average molecular weight is 206 g/mol. The zero-order valence-electron chi connectivity index (χ0n) is 8.88. The second-order valence-electron chi connectivity index (χ2n) is 3.34. The van der Waals surface area contributed by atoms with Crippen LogP contribution in [0.2, 0.25) is 0 Å². The van der Waals surface area contributed by atoms with Gasteiger partial charge in [0.2, 0.25) is 0 Å². The highest BCUT2D eigenvalue weighted by Crippen LogP contribution is 2.00. The molecule has 0 aromatic carbocycles. The van der Waals surface area contributed by atoms with Crippen molar-refractivity contribution in [2.75, 3.05) is 7.05 Å². The summed E-state index contributed by atoms with van der Waals surface area (Å²) in [5.41, 5.74) is 0.986. The van der Waals surface area contributed by atoms with Crippen molar-refractivity contribution in [2.45, 2.75) is 13.1 Å². The second kappa shape index (κ2) is 4.22. The minimum atomic E-state index is 0.665. The van der Waals surface area contributed by atoms with Crippen LogP contribution in [-0.2, 0) is 20.1 Å². The van der Waals surface area contributed by atoms with Crippen molar-refractivity contribution in [1.29, 1.82) is 0 Å². The van der Waals surface area contributed by atoms with Crippen molar-refractivity contribution >= 4 is 0 Å². The molecule has 6 nitrogen and oxygen atoms in total. The number of hydrogen-bond donors (Lipinski definition) is 1. The molecule has 80 valence electrons. The van der Waals surface area contributed by atoms with Gasteiger partial charge in [-0.3, -0.25) is 4.68 Å². The lowest BCUT2D eigenvalue weighted by Crippen LogP contribution is -2.14. The van der Waals surface area contributed by atoms with E-state index in [9.17, 15) is 0 Å². The van der Waals surface area contributed by atoms with Gasteiger partial charge < -0.3 is 5.32 Å². The third-order valence-corrected chi connectivity index (χ3v) is 2.11. The lowest BCUT2D eigenvalue weighted by Gasteiger charge is -2.02. The van der Waals surface area contributed by atoms with Gasteiger partial charge in [0.15, 0.2) is 0 Å². The van der Waals surface area contributed by atoms with Crippen LogP contribution in [0.25, 0.3) is 0 Å². The zero-order chi connectivity index (χ0) is 10.7. The fourth-order valence-corrected chi connectivity index (χ4v) is 1.42. The molecular weight excluding hydrogens is 192 g/mol. The molecule has 1 N–H and O–H groups in total. The molecule has 0 fully saturated rings. The Morgan fingerprint density at radius 2 is 2.33 bits per heavy atom. The Bertz CT molecular complexity index is 429. The Morgan fingerprint density at radius 3 is 3.00 bits per heavy atom. The van der Waals surface area contributed by atoms with Gasteiger partial charge in [0.05, 0.1) is 18.8 Å². The highest BCUT2D eigenvalue weighted by molar-refractivity contribution is 5.00. The molecule has 2 aromatic rings. The van der Waals surface area contributed by atoms with Gasteiger partial charge in [-0.2, -0.15) is 10.2 Å². The van der Waals surface area contributed by atoms with E-state index >= 15 is 0 Å². The quantitative estimate of drug-likeness (QED) is 0.751. The monoisotopic (exact) mass is 206 g/mol. The smallest absolute Gasteiger partial charge is 0.141 e. The van der Waals surface area contributed by atoms with Crippen molar-refractivity contribution in [2.24, 2.45) is 7.05 Å². The Kier molecular flexibility index (Phi) is 2.77. The standard InChI is InChI=1S/C9H14N6/c1-10-5-9-11-7-12-15(9)6-8-3-4-14(2)13-8/h3-4,7,10H,5-6H2,1-2H3. The Hall–Kier alpha value is -1.69. The summed E-state index contributed by atoms with van der Waals surface area (Å²) in [6, 6.07) is 1.98. The molecule has 0 aliphatic heterocycles. The fraction of sp³-hybridized carbons (Fsp3) is 0.444. The summed E-state index contributed by atoms with van der Waals surface area (Å²) in [5.74, 6) is 0.920. The predicted molar refractivity (Wildman–Crippen MR) is 55.1 cm³/mol. The maximum atomic E-state index is 4.29. The Labute approximate surface area is 87.9 Å². The summed E-state index contributed by atoms with van der Waals surface area (Å²) in [5, 5.41) is 11.5. The Balaban J connectivity index is 2.13. The largest absolute Gasteiger partial charge is 0.313 e. The third kappa shape index (κ3) is 2.21. The SMILES string of the molecule is CNCc1ncnn1Cc1ccn(C)n1. The highest BCUT2D eigenvalue weighted by atomic mass is 15.4. The van der Waals surface area contributed by atoms with Crippen LogP contribution >= 0.6 is 0 Å². The van der Waals surface area contributed by atoms with E-state index in [1.807, 2.05) is 31.0 Å². The van der Waals surface area contributed by atoms with E-state index in [1.54, 1.807) is 11.0 Å². The van der Waals surface area contributed by atoms with Gasteiger partial charge in [-0.15, -0.1) is 0 Å². The molecule has 0 aliphatic carbocycles. The molecule has 2 aromatic heterocycles. The minimum Gasteiger partial charge on any atom is -0.313 e. The van der Waals surface area contributed by atoms with Gasteiger partial charge in [0, 0.05) is 13.2 Å². The molecule has 0 atom stereocenters. The Morgan fingerprint density at radius 1 is 1.47 bits per heavy atom. The number of hydrogen-bond acceptors (Lipinski definition) is 4. The van der Waals surface area contributed by atoms with Gasteiger partial charge in [0.25, 0.3) is 0 Å². The number of nitrogens with one attached hydrogen (secondary N) is 1. The third-order valence-electron chi connectivity index (χ3n) is 2.11. The van der Waals surface area contributed by atoms with Gasteiger partial charge in [0.1, 0.15) is 12.2 Å². The molecule has 0 aliphatic rings. The van der Waals surface area contributed by atoms with Crippen LogP contribution in [0.3, 0.4) is 0 Å².